The van der Waals surface area contributed by atoms with Crippen molar-refractivity contribution in [1.82, 2.24) is 4.90 Å². The highest BCUT2D eigenvalue weighted by molar-refractivity contribution is 5.91. The lowest BCUT2D eigenvalue weighted by atomic mass is 10.0. The molecule has 1 atom stereocenters. The van der Waals surface area contributed by atoms with E-state index in [0.717, 1.165) is 6.54 Å². The summed E-state index contributed by atoms with van der Waals surface area (Å²) in [6.45, 7) is 3.62. The normalized spacial score (nSPS) is 12.2. The van der Waals surface area contributed by atoms with Crippen molar-refractivity contribution in [2.45, 2.75) is 19.3 Å². The molecule has 2 aromatic carbocycles. The summed E-state index contributed by atoms with van der Waals surface area (Å²) in [5.41, 5.74) is 7.43. The first-order chi connectivity index (χ1) is 11.5. The van der Waals surface area contributed by atoms with Gasteiger partial charge in [-0.05, 0) is 36.7 Å². The van der Waals surface area contributed by atoms with Crippen LogP contribution in [0.25, 0.3) is 0 Å². The number of nitrogen functional groups attached to an aromatic ring is 1. The molecule has 4 nitrogen and oxygen atoms in total. The molecule has 0 saturated heterocycles. The van der Waals surface area contributed by atoms with E-state index in [0.29, 0.717) is 24.6 Å². The van der Waals surface area contributed by atoms with Crippen LogP contribution in [0.1, 0.15) is 24.8 Å². The van der Waals surface area contributed by atoms with Crippen LogP contribution in [0.3, 0.4) is 0 Å². The summed E-state index contributed by atoms with van der Waals surface area (Å²) in [6, 6.07) is 14.4. The molecule has 128 valence electrons. The number of anilines is 2. The van der Waals surface area contributed by atoms with Gasteiger partial charge < -0.3 is 16.0 Å². The van der Waals surface area contributed by atoms with E-state index >= 15 is 0 Å². The Hall–Kier alpha value is -2.40. The predicted octanol–water partition coefficient (Wildman–Crippen LogP) is 3.47. The number of benzene rings is 2. The number of carbonyl (C=O) groups is 1. The molecule has 2 aromatic rings. The molecule has 0 radical (unpaired) electrons. The maximum absolute atomic E-state index is 13.6. The van der Waals surface area contributed by atoms with Crippen LogP contribution in [0, 0.1) is 5.82 Å². The van der Waals surface area contributed by atoms with Gasteiger partial charge in [0.15, 0.2) is 0 Å². The van der Waals surface area contributed by atoms with Crippen LogP contribution >= 0.6 is 0 Å². The molecule has 0 spiro atoms. The standard InChI is InChI=1S/C19H24FN3O/c1-14(15-6-4-3-5-7-15)13-23(2)11-10-19(24)22-18-12-16(21)8-9-17(18)20/h3-9,12,14H,10-11,13,21H2,1-2H3,(H,22,24)/t14-/m1/s1. The molecule has 0 aliphatic carbocycles. The first-order valence-electron chi connectivity index (χ1n) is 8.04. The largest absolute Gasteiger partial charge is 0.399 e. The number of nitrogens with one attached hydrogen (secondary N) is 1. The van der Waals surface area contributed by atoms with E-state index in [-0.39, 0.29) is 11.6 Å². The average molecular weight is 329 g/mol. The molecule has 0 saturated carbocycles. The minimum absolute atomic E-state index is 0.125. The SMILES string of the molecule is C[C@H](CN(C)CCC(=O)Nc1cc(N)ccc1F)c1ccccc1. The van der Waals surface area contributed by atoms with Crippen LogP contribution in [-0.2, 0) is 4.79 Å². The molecule has 1 amide bonds. The van der Waals surface area contributed by atoms with E-state index in [1.165, 1.54) is 23.8 Å². The first kappa shape index (κ1) is 17.9. The fourth-order valence-electron chi connectivity index (χ4n) is 2.59. The highest BCUT2D eigenvalue weighted by Crippen LogP contribution is 2.18. The molecule has 0 aliphatic rings. The molecule has 0 aliphatic heterocycles. The van der Waals surface area contributed by atoms with Gasteiger partial charge >= 0.3 is 0 Å². The molecule has 24 heavy (non-hydrogen) atoms. The summed E-state index contributed by atoms with van der Waals surface area (Å²) in [5, 5.41) is 2.57. The first-order valence-corrected chi connectivity index (χ1v) is 8.04. The predicted molar refractivity (Wildman–Crippen MR) is 96.4 cm³/mol. The summed E-state index contributed by atoms with van der Waals surface area (Å²) in [7, 11) is 1.98. The fraction of sp³-hybridized carbons (Fsp3) is 0.316. The summed E-state index contributed by atoms with van der Waals surface area (Å²) in [6.07, 6.45) is 0.298. The highest BCUT2D eigenvalue weighted by Gasteiger charge is 2.11. The third-order valence-electron chi connectivity index (χ3n) is 3.94. The van der Waals surface area contributed by atoms with Crippen molar-refractivity contribution in [2.24, 2.45) is 0 Å². The van der Waals surface area contributed by atoms with Gasteiger partial charge in [0.1, 0.15) is 5.82 Å². The molecule has 0 unspecified atom stereocenters. The van der Waals surface area contributed by atoms with Gasteiger partial charge in [-0.15, -0.1) is 0 Å². The average Bonchev–Trinajstić information content (AvgIpc) is 2.57. The third-order valence-corrected chi connectivity index (χ3v) is 3.94. The molecule has 0 fully saturated rings. The summed E-state index contributed by atoms with van der Waals surface area (Å²) in [5.74, 6) is -0.326. The number of nitrogens with zero attached hydrogens (tertiary/aromatic N) is 1. The number of rotatable bonds is 7. The van der Waals surface area contributed by atoms with Gasteiger partial charge in [0.05, 0.1) is 5.69 Å². The van der Waals surface area contributed by atoms with E-state index in [1.807, 2.05) is 25.2 Å². The van der Waals surface area contributed by atoms with Crippen molar-refractivity contribution < 1.29 is 9.18 Å². The van der Waals surface area contributed by atoms with Crippen molar-refractivity contribution in [3.8, 4) is 0 Å². The number of amides is 1. The Morgan fingerprint density at radius 3 is 2.67 bits per heavy atom. The minimum Gasteiger partial charge on any atom is -0.399 e. The van der Waals surface area contributed by atoms with Crippen molar-refractivity contribution in [3.63, 3.8) is 0 Å². The zero-order chi connectivity index (χ0) is 17.5. The number of hydrogen-bond donors (Lipinski definition) is 2. The third kappa shape index (κ3) is 5.35. The van der Waals surface area contributed by atoms with Gasteiger partial charge in [-0.1, -0.05) is 37.3 Å². The van der Waals surface area contributed by atoms with Crippen molar-refractivity contribution >= 4 is 17.3 Å². The number of hydrogen-bond acceptors (Lipinski definition) is 3. The quantitative estimate of drug-likeness (QED) is 0.765. The summed E-state index contributed by atoms with van der Waals surface area (Å²) in [4.78, 5) is 14.1. The van der Waals surface area contributed by atoms with E-state index in [4.69, 9.17) is 5.73 Å². The maximum atomic E-state index is 13.6. The van der Waals surface area contributed by atoms with Gasteiger partial charge in [0.2, 0.25) is 5.91 Å². The zero-order valence-electron chi connectivity index (χ0n) is 14.1. The van der Waals surface area contributed by atoms with Gasteiger partial charge in [-0.25, -0.2) is 4.39 Å². The van der Waals surface area contributed by atoms with Crippen LogP contribution in [-0.4, -0.2) is 30.9 Å². The Labute approximate surface area is 142 Å². The molecule has 5 heteroatoms. The second kappa shape index (κ2) is 8.45. The molecular weight excluding hydrogens is 305 g/mol. The van der Waals surface area contributed by atoms with Gasteiger partial charge in [-0.3, -0.25) is 4.79 Å². The van der Waals surface area contributed by atoms with E-state index < -0.39 is 5.82 Å². The van der Waals surface area contributed by atoms with Crippen LogP contribution in [0.2, 0.25) is 0 Å². The zero-order valence-corrected chi connectivity index (χ0v) is 14.1. The molecule has 0 bridgehead atoms. The Bertz CT molecular complexity index is 676. The Balaban J connectivity index is 1.80. The Kier molecular flexibility index (Phi) is 6.32. The minimum atomic E-state index is -0.483. The number of carbonyl (C=O) groups excluding carboxylic acids is 1. The topological polar surface area (TPSA) is 58.4 Å². The monoisotopic (exact) mass is 329 g/mol. The molecule has 0 heterocycles. The van der Waals surface area contributed by atoms with Gasteiger partial charge in [0, 0.05) is 25.2 Å². The second-order valence-corrected chi connectivity index (χ2v) is 6.11. The van der Waals surface area contributed by atoms with E-state index in [9.17, 15) is 9.18 Å². The van der Waals surface area contributed by atoms with Crippen LogP contribution < -0.4 is 11.1 Å². The van der Waals surface area contributed by atoms with Gasteiger partial charge in [0.25, 0.3) is 0 Å². The molecule has 0 aromatic heterocycles. The molecular formula is C19H24FN3O. The fourth-order valence-corrected chi connectivity index (χ4v) is 2.59. The van der Waals surface area contributed by atoms with E-state index in [1.54, 1.807) is 0 Å². The second-order valence-electron chi connectivity index (χ2n) is 6.11. The Morgan fingerprint density at radius 1 is 1.25 bits per heavy atom. The Morgan fingerprint density at radius 2 is 1.96 bits per heavy atom. The highest BCUT2D eigenvalue weighted by atomic mass is 19.1. The smallest absolute Gasteiger partial charge is 0.225 e. The summed E-state index contributed by atoms with van der Waals surface area (Å²) >= 11 is 0. The van der Waals surface area contributed by atoms with Crippen molar-refractivity contribution in [2.75, 3.05) is 31.2 Å². The van der Waals surface area contributed by atoms with Gasteiger partial charge in [-0.2, -0.15) is 0 Å². The number of halogens is 1. The summed E-state index contributed by atoms with van der Waals surface area (Å²) < 4.78 is 13.6. The lowest BCUT2D eigenvalue weighted by Crippen LogP contribution is -2.27. The van der Waals surface area contributed by atoms with Crippen LogP contribution in [0.5, 0.6) is 0 Å². The maximum Gasteiger partial charge on any atom is 0.225 e. The van der Waals surface area contributed by atoms with Crippen LogP contribution in [0.15, 0.2) is 48.5 Å². The number of likely N-dealkylation sites (N-methyl/N-ethyl adjacent to an activating group) is 1. The molecule has 2 rings (SSSR count). The van der Waals surface area contributed by atoms with Crippen LogP contribution in [0.4, 0.5) is 15.8 Å². The lowest BCUT2D eigenvalue weighted by Gasteiger charge is -2.21. The molecule has 3 N–H and O–H groups in total. The number of nitrogens with two attached hydrogens (primary N) is 1. The lowest BCUT2D eigenvalue weighted by molar-refractivity contribution is -0.116. The van der Waals surface area contributed by atoms with Crippen molar-refractivity contribution in [1.29, 1.82) is 0 Å². The van der Waals surface area contributed by atoms with E-state index in [2.05, 4.69) is 29.3 Å². The van der Waals surface area contributed by atoms with Crippen molar-refractivity contribution in [3.05, 3.63) is 59.9 Å².